The lowest BCUT2D eigenvalue weighted by Crippen LogP contribution is -2.19. The minimum absolute atomic E-state index is 0.730. The highest BCUT2D eigenvalue weighted by Gasteiger charge is 2.13. The van der Waals surface area contributed by atoms with Gasteiger partial charge in [-0.1, -0.05) is 28.9 Å². The molecule has 0 saturated carbocycles. The van der Waals surface area contributed by atoms with Crippen molar-refractivity contribution < 1.29 is 5.11 Å². The van der Waals surface area contributed by atoms with Crippen molar-refractivity contribution in [2.45, 2.75) is 65.9 Å². The van der Waals surface area contributed by atoms with Crippen LogP contribution in [0.15, 0.2) is 35.5 Å². The van der Waals surface area contributed by atoms with Crippen LogP contribution in [-0.4, -0.2) is 10.7 Å². The molecule has 1 atom stereocenters. The zero-order valence-corrected chi connectivity index (χ0v) is 12.1. The van der Waals surface area contributed by atoms with Crippen molar-refractivity contribution >= 4 is 0 Å². The maximum absolute atomic E-state index is 9.77. The van der Waals surface area contributed by atoms with Gasteiger partial charge in [0.05, 0.1) is 5.60 Å². The molecule has 0 aromatic carbocycles. The van der Waals surface area contributed by atoms with E-state index >= 15 is 0 Å². The van der Waals surface area contributed by atoms with Gasteiger partial charge in [-0.05, 0) is 60.3 Å². The van der Waals surface area contributed by atoms with E-state index in [-0.39, 0.29) is 0 Å². The average Bonchev–Trinajstić information content (AvgIpc) is 2.25. The smallest absolute Gasteiger partial charge is 0.0800 e. The lowest BCUT2D eigenvalue weighted by atomic mass is 9.98. The molecule has 0 aliphatic heterocycles. The minimum atomic E-state index is -0.730. The van der Waals surface area contributed by atoms with Crippen molar-refractivity contribution in [2.24, 2.45) is 0 Å². The second-order valence-corrected chi connectivity index (χ2v) is 5.43. The maximum atomic E-state index is 9.77. The van der Waals surface area contributed by atoms with Gasteiger partial charge in [0.15, 0.2) is 0 Å². The zero-order valence-electron chi connectivity index (χ0n) is 12.1. The fourth-order valence-electron chi connectivity index (χ4n) is 1.45. The predicted molar refractivity (Wildman–Crippen MR) is 77.1 cm³/mol. The summed E-state index contributed by atoms with van der Waals surface area (Å²) in [6, 6.07) is 0. The third-order valence-electron chi connectivity index (χ3n) is 3.33. The van der Waals surface area contributed by atoms with E-state index in [0.717, 1.165) is 25.7 Å². The van der Waals surface area contributed by atoms with Crippen LogP contribution >= 0.6 is 0 Å². The quantitative estimate of drug-likeness (QED) is 0.630. The van der Waals surface area contributed by atoms with E-state index < -0.39 is 5.60 Å². The van der Waals surface area contributed by atoms with Gasteiger partial charge in [0.2, 0.25) is 0 Å². The molecule has 1 heteroatoms. The fraction of sp³-hybridized carbons (Fsp3) is 0.625. The molecule has 0 aliphatic carbocycles. The third-order valence-corrected chi connectivity index (χ3v) is 3.33. The number of aliphatic hydroxyl groups is 1. The molecule has 0 aromatic heterocycles. The summed E-state index contributed by atoms with van der Waals surface area (Å²) in [7, 11) is 0. The van der Waals surface area contributed by atoms with E-state index in [1.54, 1.807) is 13.0 Å². The van der Waals surface area contributed by atoms with Crippen LogP contribution in [0.4, 0.5) is 0 Å². The average molecular weight is 236 g/mol. The SMILES string of the molecule is C=CC(C)(O)CCC=C(C)CCC(C)=C(C)C. The van der Waals surface area contributed by atoms with E-state index in [4.69, 9.17) is 0 Å². The molecule has 17 heavy (non-hydrogen) atoms. The Labute approximate surface area is 107 Å². The Kier molecular flexibility index (Phi) is 7.13. The summed E-state index contributed by atoms with van der Waals surface area (Å²) in [5, 5.41) is 9.77. The van der Waals surface area contributed by atoms with Crippen LogP contribution in [0, 0.1) is 0 Å². The lowest BCUT2D eigenvalue weighted by molar-refractivity contribution is 0.103. The number of rotatable bonds is 7. The molecule has 0 heterocycles. The number of hydrogen-bond donors (Lipinski definition) is 1. The minimum Gasteiger partial charge on any atom is -0.386 e. The number of hydrogen-bond acceptors (Lipinski definition) is 1. The molecule has 1 nitrogen and oxygen atoms in total. The topological polar surface area (TPSA) is 20.2 Å². The highest BCUT2D eigenvalue weighted by molar-refractivity contribution is 5.10. The lowest BCUT2D eigenvalue weighted by Gasteiger charge is -2.17. The first-order valence-corrected chi connectivity index (χ1v) is 6.43. The van der Waals surface area contributed by atoms with Crippen molar-refractivity contribution in [3.8, 4) is 0 Å². The molecule has 0 amide bonds. The largest absolute Gasteiger partial charge is 0.386 e. The van der Waals surface area contributed by atoms with Crippen molar-refractivity contribution in [1.82, 2.24) is 0 Å². The molecule has 1 unspecified atom stereocenters. The van der Waals surface area contributed by atoms with Crippen molar-refractivity contribution in [3.63, 3.8) is 0 Å². The first kappa shape index (κ1) is 16.2. The van der Waals surface area contributed by atoms with Gasteiger partial charge in [-0.3, -0.25) is 0 Å². The summed E-state index contributed by atoms with van der Waals surface area (Å²) in [5.41, 5.74) is 3.58. The second-order valence-electron chi connectivity index (χ2n) is 5.43. The van der Waals surface area contributed by atoms with Crippen LogP contribution in [0.25, 0.3) is 0 Å². The standard InChI is InChI=1S/C16H28O/c1-7-16(6,17)12-8-9-14(4)10-11-15(5)13(2)3/h7,9,17H,1,8,10-12H2,2-6H3. The molecule has 98 valence electrons. The van der Waals surface area contributed by atoms with Crippen LogP contribution in [0.5, 0.6) is 0 Å². The summed E-state index contributed by atoms with van der Waals surface area (Å²) in [6.07, 6.45) is 7.77. The molecule has 1 N–H and O–H groups in total. The highest BCUT2D eigenvalue weighted by Crippen LogP contribution is 2.17. The summed E-state index contributed by atoms with van der Waals surface area (Å²) in [6.45, 7) is 14.1. The Morgan fingerprint density at radius 2 is 1.76 bits per heavy atom. The Bertz CT molecular complexity index is 301. The van der Waals surface area contributed by atoms with Gasteiger partial charge in [0.1, 0.15) is 0 Å². The van der Waals surface area contributed by atoms with Gasteiger partial charge in [0.25, 0.3) is 0 Å². The molecule has 0 fully saturated rings. The Balaban J connectivity index is 4.04. The van der Waals surface area contributed by atoms with Crippen molar-refractivity contribution in [3.05, 3.63) is 35.5 Å². The van der Waals surface area contributed by atoms with Crippen molar-refractivity contribution in [2.75, 3.05) is 0 Å². The van der Waals surface area contributed by atoms with Crippen molar-refractivity contribution in [1.29, 1.82) is 0 Å². The van der Waals surface area contributed by atoms with Crippen LogP contribution in [-0.2, 0) is 0 Å². The van der Waals surface area contributed by atoms with E-state index in [0.29, 0.717) is 0 Å². The van der Waals surface area contributed by atoms with Gasteiger partial charge >= 0.3 is 0 Å². The molecule has 0 radical (unpaired) electrons. The van der Waals surface area contributed by atoms with Gasteiger partial charge in [-0.25, -0.2) is 0 Å². The zero-order chi connectivity index (χ0) is 13.5. The van der Waals surface area contributed by atoms with Crippen LogP contribution in [0.2, 0.25) is 0 Å². The molecule has 0 aromatic rings. The molecule has 0 rings (SSSR count). The number of allylic oxidation sites excluding steroid dienone is 4. The molecule has 0 spiro atoms. The summed E-state index contributed by atoms with van der Waals surface area (Å²) >= 11 is 0. The Morgan fingerprint density at radius 3 is 2.24 bits per heavy atom. The second kappa shape index (κ2) is 7.50. The van der Waals surface area contributed by atoms with Gasteiger partial charge in [0, 0.05) is 0 Å². The Morgan fingerprint density at radius 1 is 1.18 bits per heavy atom. The monoisotopic (exact) mass is 236 g/mol. The normalized spacial score (nSPS) is 15.3. The van der Waals surface area contributed by atoms with Crippen LogP contribution in [0.1, 0.15) is 60.3 Å². The van der Waals surface area contributed by atoms with Gasteiger partial charge in [-0.15, -0.1) is 6.58 Å². The Hall–Kier alpha value is -0.820. The van der Waals surface area contributed by atoms with E-state index in [1.165, 1.54) is 16.7 Å². The summed E-state index contributed by atoms with van der Waals surface area (Å²) in [4.78, 5) is 0. The molecular formula is C16H28O. The van der Waals surface area contributed by atoms with E-state index in [1.807, 2.05) is 0 Å². The van der Waals surface area contributed by atoms with E-state index in [2.05, 4.69) is 40.3 Å². The van der Waals surface area contributed by atoms with Crippen LogP contribution in [0.3, 0.4) is 0 Å². The molecule has 0 saturated heterocycles. The predicted octanol–water partition coefficient (Wildman–Crippen LogP) is 4.79. The first-order valence-electron chi connectivity index (χ1n) is 6.43. The van der Waals surface area contributed by atoms with Gasteiger partial charge < -0.3 is 5.11 Å². The third kappa shape index (κ3) is 7.98. The fourth-order valence-corrected chi connectivity index (χ4v) is 1.45. The summed E-state index contributed by atoms with van der Waals surface area (Å²) in [5.74, 6) is 0. The molecule has 0 bridgehead atoms. The molecule has 0 aliphatic rings. The van der Waals surface area contributed by atoms with Crippen LogP contribution < -0.4 is 0 Å². The highest BCUT2D eigenvalue weighted by atomic mass is 16.3. The van der Waals surface area contributed by atoms with Gasteiger partial charge in [-0.2, -0.15) is 0 Å². The summed E-state index contributed by atoms with van der Waals surface area (Å²) < 4.78 is 0. The van der Waals surface area contributed by atoms with E-state index in [9.17, 15) is 5.11 Å². The maximum Gasteiger partial charge on any atom is 0.0800 e. The first-order chi connectivity index (χ1) is 7.78. The molecular weight excluding hydrogens is 208 g/mol.